The average Bonchev–Trinajstić information content (AvgIpc) is 3.13. The molecule has 0 aliphatic carbocycles. The van der Waals surface area contributed by atoms with Crippen LogP contribution in [-0.2, 0) is 11.2 Å². The molecule has 1 amide bonds. The highest BCUT2D eigenvalue weighted by Crippen LogP contribution is 2.28. The van der Waals surface area contributed by atoms with Crippen LogP contribution < -0.4 is 5.32 Å². The number of rotatable bonds is 5. The molecule has 0 unspecified atom stereocenters. The second-order valence-electron chi connectivity index (χ2n) is 7.17. The topological polar surface area (TPSA) is 98.3 Å². The number of oxazole rings is 1. The normalized spacial score (nSPS) is 10.9. The van der Waals surface area contributed by atoms with Crippen molar-refractivity contribution in [1.29, 1.82) is 0 Å². The lowest BCUT2D eigenvalue weighted by Gasteiger charge is -2.10. The molecular formula is C23H19N3O4. The number of carbonyl (C=O) groups is 1. The number of nitro groups is 1. The van der Waals surface area contributed by atoms with Crippen LogP contribution in [-0.4, -0.2) is 15.8 Å². The van der Waals surface area contributed by atoms with Gasteiger partial charge in [-0.15, -0.1) is 0 Å². The van der Waals surface area contributed by atoms with E-state index < -0.39 is 4.92 Å². The van der Waals surface area contributed by atoms with E-state index in [-0.39, 0.29) is 18.0 Å². The Labute approximate surface area is 172 Å². The van der Waals surface area contributed by atoms with Crippen LogP contribution in [0.25, 0.3) is 22.6 Å². The minimum Gasteiger partial charge on any atom is -0.436 e. The Bertz CT molecular complexity index is 1260. The van der Waals surface area contributed by atoms with Crippen molar-refractivity contribution in [2.75, 3.05) is 5.32 Å². The number of non-ortho nitro benzene ring substituents is 1. The minimum atomic E-state index is -0.466. The molecule has 0 spiro atoms. The molecule has 0 radical (unpaired) electrons. The van der Waals surface area contributed by atoms with Gasteiger partial charge in [0.15, 0.2) is 5.58 Å². The summed E-state index contributed by atoms with van der Waals surface area (Å²) in [6.07, 6.45) is 0.115. The summed E-state index contributed by atoms with van der Waals surface area (Å²) >= 11 is 0. The maximum absolute atomic E-state index is 12.5. The lowest BCUT2D eigenvalue weighted by atomic mass is 10.1. The van der Waals surface area contributed by atoms with Gasteiger partial charge in [0.25, 0.3) is 5.69 Å². The van der Waals surface area contributed by atoms with Crippen molar-refractivity contribution < 1.29 is 14.1 Å². The molecule has 0 atom stereocenters. The fourth-order valence-electron chi connectivity index (χ4n) is 3.17. The van der Waals surface area contributed by atoms with Gasteiger partial charge in [0.2, 0.25) is 11.8 Å². The molecule has 0 saturated heterocycles. The van der Waals surface area contributed by atoms with Crippen molar-refractivity contribution in [3.63, 3.8) is 0 Å². The molecular weight excluding hydrogens is 382 g/mol. The van der Waals surface area contributed by atoms with Crippen LogP contribution in [0.2, 0.25) is 0 Å². The molecule has 7 heteroatoms. The number of carbonyl (C=O) groups excluding carboxylic acids is 1. The number of hydrogen-bond acceptors (Lipinski definition) is 5. The predicted octanol–water partition coefficient (Wildman–Crippen LogP) is 5.20. The van der Waals surface area contributed by atoms with Crippen LogP contribution in [0.3, 0.4) is 0 Å². The van der Waals surface area contributed by atoms with E-state index in [4.69, 9.17) is 4.42 Å². The molecule has 1 heterocycles. The van der Waals surface area contributed by atoms with Gasteiger partial charge < -0.3 is 9.73 Å². The first kappa shape index (κ1) is 19.3. The van der Waals surface area contributed by atoms with E-state index in [9.17, 15) is 14.9 Å². The molecule has 0 aliphatic heterocycles. The van der Waals surface area contributed by atoms with Gasteiger partial charge in [0.1, 0.15) is 5.52 Å². The maximum Gasteiger partial charge on any atom is 0.269 e. The van der Waals surface area contributed by atoms with E-state index in [0.717, 1.165) is 22.2 Å². The Kier molecular flexibility index (Phi) is 5.02. The fourth-order valence-corrected chi connectivity index (χ4v) is 3.17. The zero-order valence-corrected chi connectivity index (χ0v) is 16.5. The van der Waals surface area contributed by atoms with Gasteiger partial charge in [0.05, 0.1) is 11.3 Å². The smallest absolute Gasteiger partial charge is 0.269 e. The number of benzene rings is 3. The molecule has 7 nitrogen and oxygen atoms in total. The molecule has 4 aromatic rings. The number of aryl methyl sites for hydroxylation is 2. The third kappa shape index (κ3) is 4.05. The van der Waals surface area contributed by atoms with Gasteiger partial charge in [-0.25, -0.2) is 4.98 Å². The van der Waals surface area contributed by atoms with Crippen LogP contribution >= 0.6 is 0 Å². The molecule has 4 rings (SSSR count). The molecule has 150 valence electrons. The number of nitro benzene ring substituents is 1. The number of fused-ring (bicyclic) bond motifs is 1. The summed E-state index contributed by atoms with van der Waals surface area (Å²) in [5.74, 6) is 0.277. The monoisotopic (exact) mass is 401 g/mol. The van der Waals surface area contributed by atoms with E-state index in [2.05, 4.69) is 10.3 Å². The molecule has 3 aromatic carbocycles. The first-order chi connectivity index (χ1) is 14.4. The zero-order chi connectivity index (χ0) is 21.3. The van der Waals surface area contributed by atoms with Crippen LogP contribution in [0.1, 0.15) is 16.7 Å². The quantitative estimate of drug-likeness (QED) is 0.366. The van der Waals surface area contributed by atoms with Crippen LogP contribution in [0, 0.1) is 24.0 Å². The average molecular weight is 401 g/mol. The Hall–Kier alpha value is -4.00. The molecule has 0 saturated carbocycles. The van der Waals surface area contributed by atoms with E-state index in [1.807, 2.05) is 50.2 Å². The lowest BCUT2D eigenvalue weighted by Crippen LogP contribution is -2.15. The summed E-state index contributed by atoms with van der Waals surface area (Å²) in [5.41, 5.74) is 5.62. The van der Waals surface area contributed by atoms with Crippen LogP contribution in [0.15, 0.2) is 65.1 Å². The first-order valence-electron chi connectivity index (χ1n) is 9.40. The number of anilines is 1. The third-order valence-electron chi connectivity index (χ3n) is 4.81. The van der Waals surface area contributed by atoms with E-state index >= 15 is 0 Å². The van der Waals surface area contributed by atoms with Crippen molar-refractivity contribution in [3.8, 4) is 11.5 Å². The van der Waals surface area contributed by atoms with E-state index in [0.29, 0.717) is 22.7 Å². The minimum absolute atomic E-state index is 0.00349. The summed E-state index contributed by atoms with van der Waals surface area (Å²) in [5, 5.41) is 13.7. The summed E-state index contributed by atoms with van der Waals surface area (Å²) in [6.45, 7) is 3.90. The Balaban J connectivity index is 1.53. The Morgan fingerprint density at radius 2 is 1.83 bits per heavy atom. The Morgan fingerprint density at radius 3 is 2.57 bits per heavy atom. The van der Waals surface area contributed by atoms with Gasteiger partial charge >= 0.3 is 0 Å². The third-order valence-corrected chi connectivity index (χ3v) is 4.81. The van der Waals surface area contributed by atoms with E-state index in [1.165, 1.54) is 12.1 Å². The van der Waals surface area contributed by atoms with Gasteiger partial charge in [-0.1, -0.05) is 24.3 Å². The molecule has 0 aliphatic rings. The highest BCUT2D eigenvalue weighted by atomic mass is 16.6. The molecule has 1 N–H and O–H groups in total. The summed E-state index contributed by atoms with van der Waals surface area (Å²) < 4.78 is 5.86. The highest BCUT2D eigenvalue weighted by Gasteiger charge is 2.13. The van der Waals surface area contributed by atoms with E-state index in [1.54, 1.807) is 12.1 Å². The second-order valence-corrected chi connectivity index (χ2v) is 7.17. The standard InChI is InChI=1S/C23H19N3O4/c1-14-3-10-21-20(11-14)25-23(30-21)17-7-4-15(2)19(13-17)24-22(27)12-16-5-8-18(9-6-16)26(28)29/h3-11,13H,12H2,1-2H3,(H,24,27). The first-order valence-corrected chi connectivity index (χ1v) is 9.40. The number of nitrogens with zero attached hydrogens (tertiary/aromatic N) is 2. The van der Waals surface area contributed by atoms with Crippen molar-refractivity contribution in [1.82, 2.24) is 4.98 Å². The van der Waals surface area contributed by atoms with Crippen molar-refractivity contribution >= 4 is 28.4 Å². The predicted molar refractivity (Wildman–Crippen MR) is 114 cm³/mol. The number of amides is 1. The summed E-state index contributed by atoms with van der Waals surface area (Å²) in [7, 11) is 0. The largest absolute Gasteiger partial charge is 0.436 e. The molecule has 30 heavy (non-hydrogen) atoms. The Morgan fingerprint density at radius 1 is 1.07 bits per heavy atom. The second kappa shape index (κ2) is 7.79. The van der Waals surface area contributed by atoms with Crippen molar-refractivity contribution in [2.24, 2.45) is 0 Å². The number of aromatic nitrogens is 1. The lowest BCUT2D eigenvalue weighted by molar-refractivity contribution is -0.384. The van der Waals surface area contributed by atoms with Gasteiger partial charge in [-0.3, -0.25) is 14.9 Å². The van der Waals surface area contributed by atoms with Crippen LogP contribution in [0.5, 0.6) is 0 Å². The van der Waals surface area contributed by atoms with Gasteiger partial charge in [-0.05, 0) is 54.8 Å². The SMILES string of the molecule is Cc1ccc2oc(-c3ccc(C)c(NC(=O)Cc4ccc([N+](=O)[O-])cc4)c3)nc2c1. The fraction of sp³-hybridized carbons (Fsp3) is 0.130. The highest BCUT2D eigenvalue weighted by molar-refractivity contribution is 5.93. The molecule has 0 bridgehead atoms. The molecule has 0 fully saturated rings. The molecule has 1 aromatic heterocycles. The zero-order valence-electron chi connectivity index (χ0n) is 16.5. The summed E-state index contributed by atoms with van der Waals surface area (Å²) in [6, 6.07) is 17.4. The van der Waals surface area contributed by atoms with Gasteiger partial charge in [0, 0.05) is 23.4 Å². The van der Waals surface area contributed by atoms with Crippen LogP contribution in [0.4, 0.5) is 11.4 Å². The maximum atomic E-state index is 12.5. The van der Waals surface area contributed by atoms with Crippen molar-refractivity contribution in [3.05, 3.63) is 87.5 Å². The number of nitrogens with one attached hydrogen (secondary N) is 1. The summed E-state index contributed by atoms with van der Waals surface area (Å²) in [4.78, 5) is 27.3. The van der Waals surface area contributed by atoms with Crippen molar-refractivity contribution in [2.45, 2.75) is 20.3 Å². The number of hydrogen-bond donors (Lipinski definition) is 1. The van der Waals surface area contributed by atoms with Gasteiger partial charge in [-0.2, -0.15) is 0 Å².